The quantitative estimate of drug-likeness (QED) is 0.794. The predicted molar refractivity (Wildman–Crippen MR) is 68.9 cm³/mol. The van der Waals surface area contributed by atoms with Gasteiger partial charge in [-0.2, -0.15) is 17.5 Å². The molecule has 0 bridgehead atoms. The van der Waals surface area contributed by atoms with Crippen LogP contribution in [-0.4, -0.2) is 32.7 Å². The van der Waals surface area contributed by atoms with Crippen LogP contribution in [0.3, 0.4) is 0 Å². The van der Waals surface area contributed by atoms with Crippen LogP contribution in [-0.2, 0) is 16.1 Å². The summed E-state index contributed by atoms with van der Waals surface area (Å²) in [6.07, 6.45) is -1.66. The van der Waals surface area contributed by atoms with Gasteiger partial charge in [0.15, 0.2) is 12.7 Å². The van der Waals surface area contributed by atoms with E-state index in [4.69, 9.17) is 15.0 Å². The van der Waals surface area contributed by atoms with Gasteiger partial charge < -0.3 is 15.0 Å². The van der Waals surface area contributed by atoms with Gasteiger partial charge in [0.2, 0.25) is 0 Å². The lowest BCUT2D eigenvalue weighted by molar-refractivity contribution is -0.752. The van der Waals surface area contributed by atoms with Gasteiger partial charge in [-0.15, -0.1) is 0 Å². The van der Waals surface area contributed by atoms with Crippen molar-refractivity contribution in [3.63, 3.8) is 0 Å². The van der Waals surface area contributed by atoms with Gasteiger partial charge in [-0.1, -0.05) is 4.68 Å². The lowest BCUT2D eigenvalue weighted by Crippen LogP contribution is -2.38. The van der Waals surface area contributed by atoms with Crippen molar-refractivity contribution in [2.24, 2.45) is 0 Å². The second-order valence-corrected chi connectivity index (χ2v) is 4.66. The Morgan fingerprint density at radius 3 is 2.39 bits per heavy atom. The van der Waals surface area contributed by atoms with Crippen molar-refractivity contribution in [3.05, 3.63) is 29.9 Å². The number of aromatic nitrogens is 3. The molecule has 0 aromatic carbocycles. The molecule has 0 aliphatic carbocycles. The van der Waals surface area contributed by atoms with Gasteiger partial charge in [0.25, 0.3) is 0 Å². The van der Waals surface area contributed by atoms with Gasteiger partial charge in [-0.25, -0.2) is 0 Å². The van der Waals surface area contributed by atoms with Crippen LogP contribution in [0.5, 0.6) is 0 Å². The highest BCUT2D eigenvalue weighted by Gasteiger charge is 2.28. The molecular formula is C12H10F3N3O4S. The summed E-state index contributed by atoms with van der Waals surface area (Å²) in [7, 11) is 0. The summed E-state index contributed by atoms with van der Waals surface area (Å²) in [5.41, 5.74) is 1.83. The number of rotatable bonds is 4. The molecule has 0 aliphatic rings. The molecule has 11 heteroatoms. The highest BCUT2D eigenvalue weighted by atomic mass is 32.1. The number of hydrogen-bond acceptors (Lipinski definition) is 6. The van der Waals surface area contributed by atoms with Crippen molar-refractivity contribution in [2.75, 3.05) is 0 Å². The van der Waals surface area contributed by atoms with Gasteiger partial charge in [0, 0.05) is 17.0 Å². The third-order valence-corrected chi connectivity index (χ3v) is 2.85. The minimum Gasteiger partial charge on any atom is -0.542 e. The molecule has 2 aromatic rings. The summed E-state index contributed by atoms with van der Waals surface area (Å²) in [6.45, 7) is 0.382. The van der Waals surface area contributed by atoms with Gasteiger partial charge in [0.1, 0.15) is 18.6 Å². The number of aliphatic carboxylic acids is 2. The molecule has 7 nitrogen and oxygen atoms in total. The van der Waals surface area contributed by atoms with E-state index in [-0.39, 0.29) is 6.42 Å². The maximum absolute atomic E-state index is 10.5. The molecule has 0 saturated heterocycles. The Bertz CT molecular complexity index is 645. The molecule has 2 heterocycles. The molecule has 0 amide bonds. The van der Waals surface area contributed by atoms with Gasteiger partial charge in [-0.05, 0) is 22.7 Å². The largest absolute Gasteiger partial charge is 0.542 e. The van der Waals surface area contributed by atoms with E-state index in [0.29, 0.717) is 6.54 Å². The van der Waals surface area contributed by atoms with Crippen LogP contribution in [0, 0.1) is 0 Å². The zero-order chi connectivity index (χ0) is 17.5. The third kappa shape index (κ3) is 6.82. The molecule has 0 atom stereocenters. The van der Waals surface area contributed by atoms with Gasteiger partial charge in [0.05, 0.1) is 5.69 Å². The molecule has 1 N–H and O–H groups in total. The Kier molecular flexibility index (Phi) is 6.57. The first kappa shape index (κ1) is 18.5. The molecule has 0 saturated carbocycles. The molecular weight excluding hydrogens is 339 g/mol. The smallest absolute Gasteiger partial charge is 0.430 e. The topological polar surface area (TPSA) is 107 Å². The number of carboxylic acids is 2. The van der Waals surface area contributed by atoms with Crippen molar-refractivity contribution in [1.29, 1.82) is 0 Å². The maximum atomic E-state index is 10.5. The number of aryl methyl sites for hydroxylation is 1. The molecule has 0 fully saturated rings. The number of nitrogens with zero attached hydrogens (tertiary/aromatic N) is 3. The number of alkyl halides is 3. The Labute approximate surface area is 131 Å². The Balaban J connectivity index is 0.000000322. The predicted octanol–water partition coefficient (Wildman–Crippen LogP) is 0.266. The first-order valence-electron chi connectivity index (χ1n) is 5.96. The SMILES string of the molecule is O=C(O)CC[n+]1ccc(-c2ccsn2)cn1.O=C([O-])C(F)(F)F. The van der Waals surface area contributed by atoms with E-state index in [1.165, 1.54) is 11.5 Å². The van der Waals surface area contributed by atoms with Crippen LogP contribution in [0.15, 0.2) is 29.9 Å². The fourth-order valence-corrected chi connectivity index (χ4v) is 1.77. The Morgan fingerprint density at radius 2 is 2.00 bits per heavy atom. The number of hydrogen-bond donors (Lipinski definition) is 1. The van der Waals surface area contributed by atoms with E-state index >= 15 is 0 Å². The number of carbonyl (C=O) groups excluding carboxylic acids is 1. The lowest BCUT2D eigenvalue weighted by Gasteiger charge is -2.03. The van der Waals surface area contributed by atoms with Crippen LogP contribution < -0.4 is 9.79 Å². The highest BCUT2D eigenvalue weighted by molar-refractivity contribution is 7.03. The van der Waals surface area contributed by atoms with Crippen molar-refractivity contribution in [1.82, 2.24) is 9.47 Å². The van der Waals surface area contributed by atoms with Gasteiger partial charge in [-0.3, -0.25) is 4.79 Å². The monoisotopic (exact) mass is 349 g/mol. The number of carbonyl (C=O) groups is 2. The first-order valence-corrected chi connectivity index (χ1v) is 6.80. The average Bonchev–Trinajstić information content (AvgIpc) is 2.99. The summed E-state index contributed by atoms with van der Waals surface area (Å²) in [6, 6.07) is 3.80. The van der Waals surface area contributed by atoms with Gasteiger partial charge >= 0.3 is 12.1 Å². The van der Waals surface area contributed by atoms with Crippen molar-refractivity contribution in [3.8, 4) is 11.3 Å². The highest BCUT2D eigenvalue weighted by Crippen LogP contribution is 2.15. The molecule has 0 spiro atoms. The van der Waals surface area contributed by atoms with E-state index in [2.05, 4.69) is 9.47 Å². The van der Waals surface area contributed by atoms with Crippen LogP contribution in [0.1, 0.15) is 6.42 Å². The fraction of sp³-hybridized carbons (Fsp3) is 0.250. The Morgan fingerprint density at radius 1 is 1.35 bits per heavy atom. The third-order valence-electron chi connectivity index (χ3n) is 2.29. The fourth-order valence-electron chi connectivity index (χ4n) is 1.24. The maximum Gasteiger partial charge on any atom is 0.430 e. The minimum atomic E-state index is -5.19. The summed E-state index contributed by atoms with van der Waals surface area (Å²) >= 11 is 1.39. The second-order valence-electron chi connectivity index (χ2n) is 3.99. The Hall–Kier alpha value is -2.56. The minimum absolute atomic E-state index is 0.0771. The summed E-state index contributed by atoms with van der Waals surface area (Å²) in [5.74, 6) is -3.83. The zero-order valence-electron chi connectivity index (χ0n) is 11.4. The first-order chi connectivity index (χ1) is 10.7. The van der Waals surface area contributed by atoms with Crippen molar-refractivity contribution in [2.45, 2.75) is 19.1 Å². The van der Waals surface area contributed by atoms with Crippen molar-refractivity contribution < 1.29 is 37.7 Å². The molecule has 23 heavy (non-hydrogen) atoms. The van der Waals surface area contributed by atoms with E-state index in [1.54, 1.807) is 17.1 Å². The van der Waals surface area contributed by atoms with Crippen molar-refractivity contribution >= 4 is 23.5 Å². The van der Waals surface area contributed by atoms with Crippen LogP contribution in [0.4, 0.5) is 13.2 Å². The average molecular weight is 349 g/mol. The molecule has 124 valence electrons. The van der Waals surface area contributed by atoms with E-state index < -0.39 is 18.1 Å². The molecule has 2 rings (SSSR count). The molecule has 0 unspecified atom stereocenters. The van der Waals surface area contributed by atoms with E-state index in [1.807, 2.05) is 17.5 Å². The molecule has 2 aromatic heterocycles. The van der Waals surface area contributed by atoms with Crippen LogP contribution >= 0.6 is 11.5 Å². The van der Waals surface area contributed by atoms with E-state index in [0.717, 1.165) is 11.3 Å². The molecule has 0 radical (unpaired) electrons. The summed E-state index contributed by atoms with van der Waals surface area (Å²) < 4.78 is 37.3. The van der Waals surface area contributed by atoms with Crippen LogP contribution in [0.2, 0.25) is 0 Å². The number of carboxylic acid groups (broad SMARTS) is 2. The van der Waals surface area contributed by atoms with Crippen LogP contribution in [0.25, 0.3) is 11.3 Å². The standard InChI is InChI=1S/C10H9N3O2S.C2HF3O2/c14-10(15)2-5-13-4-1-8(7-11-13)9-3-6-16-12-9;3-2(4,5)1(6)7/h1,3-4,6-7H,2,5H2;(H,6,7). The summed E-state index contributed by atoms with van der Waals surface area (Å²) in [5, 5.41) is 23.3. The lowest BCUT2D eigenvalue weighted by atomic mass is 10.2. The zero-order valence-corrected chi connectivity index (χ0v) is 12.2. The number of halogens is 3. The second kappa shape index (κ2) is 8.17. The van der Waals surface area contributed by atoms with E-state index in [9.17, 15) is 18.0 Å². The summed E-state index contributed by atoms with van der Waals surface area (Å²) in [4.78, 5) is 19.2. The normalized spacial score (nSPS) is 10.6. The molecule has 0 aliphatic heterocycles.